The maximum absolute atomic E-state index is 5.78. The summed E-state index contributed by atoms with van der Waals surface area (Å²) in [6.45, 7) is 7.24. The molecule has 2 aliphatic rings. The molecule has 0 aromatic carbocycles. The van der Waals surface area contributed by atoms with Gasteiger partial charge >= 0.3 is 0 Å². The molecule has 0 aliphatic carbocycles. The van der Waals surface area contributed by atoms with Crippen molar-refractivity contribution >= 4 is 17.3 Å². The van der Waals surface area contributed by atoms with E-state index < -0.39 is 0 Å². The molecule has 9 heteroatoms. The molecule has 2 N–H and O–H groups in total. The SMILES string of the molecule is Cc1nnc(CN=C(NCC2CCCO2)NCC(c2cccs2)N2CCCC2)n1C. The Bertz CT molecular complexity index is 807. The normalized spacial score (nSPS) is 21.3. The topological polar surface area (TPSA) is 79.6 Å². The minimum atomic E-state index is 0.265. The number of aliphatic imine (C=N–C) groups is 1. The van der Waals surface area contributed by atoms with Gasteiger partial charge in [-0.1, -0.05) is 6.07 Å². The molecule has 8 nitrogen and oxygen atoms in total. The summed E-state index contributed by atoms with van der Waals surface area (Å²) in [7, 11) is 1.98. The van der Waals surface area contributed by atoms with Gasteiger partial charge in [-0.15, -0.1) is 21.5 Å². The summed E-state index contributed by atoms with van der Waals surface area (Å²) < 4.78 is 7.76. The Morgan fingerprint density at radius 3 is 2.83 bits per heavy atom. The van der Waals surface area contributed by atoms with Gasteiger partial charge in [0.25, 0.3) is 0 Å². The first-order chi connectivity index (χ1) is 14.7. The van der Waals surface area contributed by atoms with E-state index in [1.807, 2.05) is 29.9 Å². The third kappa shape index (κ3) is 5.39. The summed E-state index contributed by atoms with van der Waals surface area (Å²) in [4.78, 5) is 8.80. The van der Waals surface area contributed by atoms with Crippen molar-refractivity contribution in [2.24, 2.45) is 12.0 Å². The first-order valence-corrected chi connectivity index (χ1v) is 11.8. The Hall–Kier alpha value is -1.97. The van der Waals surface area contributed by atoms with E-state index in [9.17, 15) is 0 Å². The number of nitrogens with one attached hydrogen (secondary N) is 2. The average molecular weight is 432 g/mol. The molecule has 30 heavy (non-hydrogen) atoms. The van der Waals surface area contributed by atoms with Crippen molar-refractivity contribution in [1.29, 1.82) is 0 Å². The Morgan fingerprint density at radius 1 is 1.30 bits per heavy atom. The van der Waals surface area contributed by atoms with E-state index in [0.29, 0.717) is 12.6 Å². The van der Waals surface area contributed by atoms with Crippen LogP contribution >= 0.6 is 11.3 Å². The second-order valence-electron chi connectivity index (χ2n) is 8.06. The monoisotopic (exact) mass is 431 g/mol. The zero-order valence-electron chi connectivity index (χ0n) is 18.0. The molecule has 2 aromatic rings. The number of ether oxygens (including phenoxy) is 1. The van der Waals surface area contributed by atoms with E-state index in [1.54, 1.807) is 0 Å². The van der Waals surface area contributed by atoms with Crippen LogP contribution in [-0.4, -0.2) is 64.5 Å². The number of thiophene rings is 1. The van der Waals surface area contributed by atoms with Crippen LogP contribution in [0.1, 0.15) is 48.3 Å². The number of aryl methyl sites for hydroxylation is 1. The predicted molar refractivity (Wildman–Crippen MR) is 120 cm³/mol. The van der Waals surface area contributed by atoms with E-state index in [0.717, 1.165) is 63.2 Å². The van der Waals surface area contributed by atoms with Crippen LogP contribution in [0.4, 0.5) is 0 Å². The lowest BCUT2D eigenvalue weighted by atomic mass is 10.2. The molecule has 2 atom stereocenters. The summed E-state index contributed by atoms with van der Waals surface area (Å²) in [5.41, 5.74) is 0. The molecular weight excluding hydrogens is 398 g/mol. The van der Waals surface area contributed by atoms with Gasteiger partial charge < -0.3 is 19.9 Å². The minimum absolute atomic E-state index is 0.265. The second-order valence-corrected chi connectivity index (χ2v) is 9.04. The molecule has 4 rings (SSSR count). The van der Waals surface area contributed by atoms with Crippen molar-refractivity contribution < 1.29 is 4.74 Å². The number of hydrogen-bond acceptors (Lipinski definition) is 6. The van der Waals surface area contributed by atoms with Crippen molar-refractivity contribution in [3.63, 3.8) is 0 Å². The van der Waals surface area contributed by atoms with Gasteiger partial charge in [0.05, 0.1) is 12.1 Å². The van der Waals surface area contributed by atoms with Crippen LogP contribution in [0.15, 0.2) is 22.5 Å². The molecule has 0 saturated carbocycles. The van der Waals surface area contributed by atoms with Crippen LogP contribution in [0, 0.1) is 6.92 Å². The van der Waals surface area contributed by atoms with Crippen LogP contribution in [0.3, 0.4) is 0 Å². The number of guanidine groups is 1. The van der Waals surface area contributed by atoms with Crippen LogP contribution in [0.5, 0.6) is 0 Å². The second kappa shape index (κ2) is 10.4. The third-order valence-corrected chi connectivity index (χ3v) is 6.97. The zero-order valence-corrected chi connectivity index (χ0v) is 18.8. The van der Waals surface area contributed by atoms with Gasteiger partial charge in [0.15, 0.2) is 11.8 Å². The molecule has 164 valence electrons. The van der Waals surface area contributed by atoms with Gasteiger partial charge in [0.2, 0.25) is 0 Å². The first kappa shape index (κ1) is 21.3. The van der Waals surface area contributed by atoms with Gasteiger partial charge in [0, 0.05) is 31.6 Å². The van der Waals surface area contributed by atoms with Gasteiger partial charge in [-0.05, 0) is 57.1 Å². The molecule has 2 unspecified atom stereocenters. The van der Waals surface area contributed by atoms with Gasteiger partial charge in [-0.3, -0.25) is 4.90 Å². The van der Waals surface area contributed by atoms with Crippen molar-refractivity contribution in [1.82, 2.24) is 30.3 Å². The average Bonchev–Trinajstić information content (AvgIpc) is 3.55. The quantitative estimate of drug-likeness (QED) is 0.493. The fourth-order valence-corrected chi connectivity index (χ4v) is 4.93. The van der Waals surface area contributed by atoms with E-state index in [-0.39, 0.29) is 6.10 Å². The number of nitrogens with zero attached hydrogens (tertiary/aromatic N) is 5. The maximum atomic E-state index is 5.78. The highest BCUT2D eigenvalue weighted by Gasteiger charge is 2.24. The van der Waals surface area contributed by atoms with Crippen molar-refractivity contribution in [3.8, 4) is 0 Å². The molecule has 4 heterocycles. The van der Waals surface area contributed by atoms with Gasteiger partial charge in [-0.25, -0.2) is 4.99 Å². The largest absolute Gasteiger partial charge is 0.376 e. The van der Waals surface area contributed by atoms with Crippen molar-refractivity contribution in [3.05, 3.63) is 34.0 Å². The molecule has 2 aliphatic heterocycles. The Kier molecular flexibility index (Phi) is 7.35. The molecular formula is C21H33N7OS. The van der Waals surface area contributed by atoms with Crippen LogP contribution in [0.2, 0.25) is 0 Å². The van der Waals surface area contributed by atoms with E-state index in [1.165, 1.54) is 17.7 Å². The summed E-state index contributed by atoms with van der Waals surface area (Å²) in [5, 5.41) is 17.6. The number of hydrogen-bond donors (Lipinski definition) is 2. The Morgan fingerprint density at radius 2 is 2.17 bits per heavy atom. The number of rotatable bonds is 8. The van der Waals surface area contributed by atoms with E-state index in [2.05, 4.69) is 43.2 Å². The molecule has 2 aromatic heterocycles. The fraction of sp³-hybridized carbons (Fsp3) is 0.667. The zero-order chi connectivity index (χ0) is 20.8. The lowest BCUT2D eigenvalue weighted by Gasteiger charge is -2.28. The van der Waals surface area contributed by atoms with Crippen LogP contribution in [0.25, 0.3) is 0 Å². The van der Waals surface area contributed by atoms with Crippen molar-refractivity contribution in [2.45, 2.75) is 51.3 Å². The summed E-state index contributed by atoms with van der Waals surface area (Å²) in [5.74, 6) is 2.57. The lowest BCUT2D eigenvalue weighted by molar-refractivity contribution is 0.113. The number of likely N-dealkylation sites (tertiary alicyclic amines) is 1. The highest BCUT2D eigenvalue weighted by molar-refractivity contribution is 7.10. The summed E-state index contributed by atoms with van der Waals surface area (Å²) in [6, 6.07) is 4.76. The third-order valence-electron chi connectivity index (χ3n) is 6.00. The van der Waals surface area contributed by atoms with Gasteiger partial charge in [0.1, 0.15) is 12.4 Å². The van der Waals surface area contributed by atoms with Crippen LogP contribution in [-0.2, 0) is 18.3 Å². The van der Waals surface area contributed by atoms with E-state index >= 15 is 0 Å². The molecule has 0 amide bonds. The molecule has 0 bridgehead atoms. The summed E-state index contributed by atoms with van der Waals surface area (Å²) in [6.07, 6.45) is 5.08. The fourth-order valence-electron chi connectivity index (χ4n) is 4.07. The molecule has 2 saturated heterocycles. The smallest absolute Gasteiger partial charge is 0.191 e. The standard InChI is InChI=1S/C21H33N7OS/c1-16-25-26-20(27(16)2)15-24-21(22-13-17-7-5-11-29-17)23-14-18(19-8-6-12-30-19)28-9-3-4-10-28/h6,8,12,17-18H,3-5,7,9-11,13-15H2,1-2H3,(H2,22,23,24). The van der Waals surface area contributed by atoms with E-state index in [4.69, 9.17) is 9.73 Å². The molecule has 0 spiro atoms. The predicted octanol–water partition coefficient (Wildman–Crippen LogP) is 2.24. The molecule has 2 fully saturated rings. The highest BCUT2D eigenvalue weighted by atomic mass is 32.1. The number of aromatic nitrogens is 3. The van der Waals surface area contributed by atoms with Crippen LogP contribution < -0.4 is 10.6 Å². The first-order valence-electron chi connectivity index (χ1n) is 11.0. The highest BCUT2D eigenvalue weighted by Crippen LogP contribution is 2.27. The minimum Gasteiger partial charge on any atom is -0.376 e. The Balaban J connectivity index is 1.43. The maximum Gasteiger partial charge on any atom is 0.191 e. The van der Waals surface area contributed by atoms with Crippen molar-refractivity contribution in [2.75, 3.05) is 32.8 Å². The van der Waals surface area contributed by atoms with Gasteiger partial charge in [-0.2, -0.15) is 0 Å². The molecule has 0 radical (unpaired) electrons. The lowest BCUT2D eigenvalue weighted by Crippen LogP contribution is -2.44. The summed E-state index contributed by atoms with van der Waals surface area (Å²) >= 11 is 1.83. The Labute approximate surface area is 182 Å².